The summed E-state index contributed by atoms with van der Waals surface area (Å²) in [6.07, 6.45) is 94.7. The number of carbonyl (C=O) groups excluding carboxylic acids is 3. The Balaban J connectivity index is 4.23. The zero-order valence-electron chi connectivity index (χ0n) is 55.2. The van der Waals surface area contributed by atoms with Crippen LogP contribution in [0.4, 0.5) is 0 Å². The van der Waals surface area contributed by atoms with Crippen molar-refractivity contribution in [2.75, 3.05) is 13.2 Å². The van der Waals surface area contributed by atoms with Crippen LogP contribution in [0.3, 0.4) is 0 Å². The summed E-state index contributed by atoms with van der Waals surface area (Å²) >= 11 is 0. The van der Waals surface area contributed by atoms with Crippen LogP contribution in [-0.4, -0.2) is 37.2 Å². The zero-order chi connectivity index (χ0) is 59.9. The zero-order valence-corrected chi connectivity index (χ0v) is 55.2. The van der Waals surface area contributed by atoms with Crippen molar-refractivity contribution in [3.63, 3.8) is 0 Å². The third-order valence-electron chi connectivity index (χ3n) is 15.9. The quantitative estimate of drug-likeness (QED) is 0.0261. The number of allylic oxidation sites excluding steroid dienone is 14. The molecule has 0 aromatic heterocycles. The van der Waals surface area contributed by atoms with Gasteiger partial charge in [0.05, 0.1) is 0 Å². The molecule has 0 N–H and O–H groups in total. The van der Waals surface area contributed by atoms with Gasteiger partial charge in [-0.05, 0) is 77.0 Å². The largest absolute Gasteiger partial charge is 0.462 e. The van der Waals surface area contributed by atoms with Crippen molar-refractivity contribution in [1.29, 1.82) is 0 Å². The minimum atomic E-state index is -0.774. The number of esters is 3. The van der Waals surface area contributed by atoms with E-state index in [-0.39, 0.29) is 31.1 Å². The van der Waals surface area contributed by atoms with Crippen molar-refractivity contribution in [1.82, 2.24) is 0 Å². The molecule has 0 aromatic carbocycles. The van der Waals surface area contributed by atoms with Crippen molar-refractivity contribution in [3.05, 3.63) is 85.1 Å². The minimum Gasteiger partial charge on any atom is -0.462 e. The lowest BCUT2D eigenvalue weighted by Gasteiger charge is -2.18. The lowest BCUT2D eigenvalue weighted by Crippen LogP contribution is -2.30. The third kappa shape index (κ3) is 69.3. The summed E-state index contributed by atoms with van der Waals surface area (Å²) in [7, 11) is 0. The van der Waals surface area contributed by atoms with Crippen LogP contribution in [0.1, 0.15) is 367 Å². The van der Waals surface area contributed by atoms with Gasteiger partial charge in [0.2, 0.25) is 0 Å². The summed E-state index contributed by atoms with van der Waals surface area (Å²) in [6.45, 7) is 6.58. The van der Waals surface area contributed by atoms with Crippen LogP contribution in [-0.2, 0) is 28.6 Å². The molecule has 6 nitrogen and oxygen atoms in total. The van der Waals surface area contributed by atoms with Gasteiger partial charge in [-0.3, -0.25) is 14.4 Å². The number of unbranched alkanes of at least 4 members (excludes halogenated alkanes) is 41. The maximum absolute atomic E-state index is 12.9. The molecule has 6 heteroatoms. The van der Waals surface area contributed by atoms with Gasteiger partial charge >= 0.3 is 17.9 Å². The molecular weight excluding hydrogens is 1020 g/mol. The Bertz CT molecular complexity index is 1570. The van der Waals surface area contributed by atoms with Gasteiger partial charge in [-0.2, -0.15) is 0 Å². The highest BCUT2D eigenvalue weighted by Gasteiger charge is 2.19. The summed E-state index contributed by atoms with van der Waals surface area (Å²) < 4.78 is 17.0. The molecule has 0 saturated carbocycles. The highest BCUT2D eigenvalue weighted by molar-refractivity contribution is 5.71. The molecule has 83 heavy (non-hydrogen) atoms. The molecule has 0 heterocycles. The minimum absolute atomic E-state index is 0.0702. The Kier molecular flexibility index (Phi) is 68.2. The number of ether oxygens (including phenoxy) is 3. The second kappa shape index (κ2) is 71.1. The summed E-state index contributed by atoms with van der Waals surface area (Å²) in [5, 5.41) is 0. The first kappa shape index (κ1) is 79.6. The maximum atomic E-state index is 12.9. The fraction of sp³-hybridized carbons (Fsp3) is 0.779. The highest BCUT2D eigenvalue weighted by Crippen LogP contribution is 2.18. The Hall–Kier alpha value is -3.41. The van der Waals surface area contributed by atoms with Crippen LogP contribution in [0, 0.1) is 0 Å². The molecule has 0 aliphatic carbocycles. The van der Waals surface area contributed by atoms with E-state index in [0.717, 1.165) is 103 Å². The second-order valence-electron chi connectivity index (χ2n) is 24.1. The number of carbonyl (C=O) groups is 3. The smallest absolute Gasteiger partial charge is 0.306 e. The number of hydrogen-bond acceptors (Lipinski definition) is 6. The monoisotopic (exact) mass is 1160 g/mol. The summed E-state index contributed by atoms with van der Waals surface area (Å²) in [5.74, 6) is -0.849. The average molecular weight is 1160 g/mol. The first-order chi connectivity index (χ1) is 41.0. The first-order valence-corrected chi connectivity index (χ1v) is 36.1. The van der Waals surface area contributed by atoms with E-state index >= 15 is 0 Å². The molecule has 0 radical (unpaired) electrons. The predicted octanol–water partition coefficient (Wildman–Crippen LogP) is 25.0. The molecular formula is C77H136O6. The van der Waals surface area contributed by atoms with E-state index in [9.17, 15) is 14.4 Å². The highest BCUT2D eigenvalue weighted by atomic mass is 16.6. The van der Waals surface area contributed by atoms with Crippen LogP contribution in [0.2, 0.25) is 0 Å². The van der Waals surface area contributed by atoms with Gasteiger partial charge in [-0.25, -0.2) is 0 Å². The lowest BCUT2D eigenvalue weighted by atomic mass is 10.0. The second-order valence-corrected chi connectivity index (χ2v) is 24.1. The molecule has 0 aromatic rings. The van der Waals surface area contributed by atoms with E-state index in [2.05, 4.69) is 106 Å². The van der Waals surface area contributed by atoms with Gasteiger partial charge in [0, 0.05) is 19.3 Å². The number of hydrogen-bond donors (Lipinski definition) is 0. The van der Waals surface area contributed by atoms with E-state index in [1.807, 2.05) is 0 Å². The van der Waals surface area contributed by atoms with Gasteiger partial charge < -0.3 is 14.2 Å². The van der Waals surface area contributed by atoms with Crippen molar-refractivity contribution >= 4 is 17.9 Å². The van der Waals surface area contributed by atoms with Crippen LogP contribution in [0.25, 0.3) is 0 Å². The van der Waals surface area contributed by atoms with Crippen molar-refractivity contribution in [2.24, 2.45) is 0 Å². The predicted molar refractivity (Wildman–Crippen MR) is 362 cm³/mol. The Morgan fingerprint density at radius 3 is 0.735 bits per heavy atom. The van der Waals surface area contributed by atoms with E-state index < -0.39 is 6.10 Å². The van der Waals surface area contributed by atoms with Crippen LogP contribution >= 0.6 is 0 Å². The van der Waals surface area contributed by atoms with Crippen molar-refractivity contribution < 1.29 is 28.6 Å². The van der Waals surface area contributed by atoms with Gasteiger partial charge in [-0.1, -0.05) is 356 Å². The fourth-order valence-electron chi connectivity index (χ4n) is 10.5. The number of rotatable bonds is 66. The van der Waals surface area contributed by atoms with Crippen LogP contribution < -0.4 is 0 Å². The SMILES string of the molecule is CC/C=C\C/C=C\C/C=C\C/C=C\C/C=C\C/C=C\C/C=C\CCCCCCCCCCCCCC(=O)OCC(COC(=O)CCCCCCCCCCCCCCCC)OC(=O)CCCCCCCCCCCCCCCCCCCC. The van der Waals surface area contributed by atoms with Gasteiger partial charge in [0.25, 0.3) is 0 Å². The average Bonchev–Trinajstić information content (AvgIpc) is 3.49. The van der Waals surface area contributed by atoms with Gasteiger partial charge in [0.15, 0.2) is 6.10 Å². The van der Waals surface area contributed by atoms with Crippen molar-refractivity contribution in [2.45, 2.75) is 374 Å². The lowest BCUT2D eigenvalue weighted by molar-refractivity contribution is -0.167. The van der Waals surface area contributed by atoms with Crippen molar-refractivity contribution in [3.8, 4) is 0 Å². The van der Waals surface area contributed by atoms with Gasteiger partial charge in [0.1, 0.15) is 13.2 Å². The van der Waals surface area contributed by atoms with Gasteiger partial charge in [-0.15, -0.1) is 0 Å². The Morgan fingerprint density at radius 1 is 0.253 bits per heavy atom. The summed E-state index contributed by atoms with van der Waals surface area (Å²) in [6, 6.07) is 0. The molecule has 480 valence electrons. The molecule has 1 unspecified atom stereocenters. The van der Waals surface area contributed by atoms with E-state index in [1.54, 1.807) is 0 Å². The summed E-state index contributed by atoms with van der Waals surface area (Å²) in [5.41, 5.74) is 0. The molecule has 0 amide bonds. The molecule has 0 fully saturated rings. The molecule has 1 atom stereocenters. The topological polar surface area (TPSA) is 78.9 Å². The molecule has 0 spiro atoms. The Labute approximate surface area is 515 Å². The first-order valence-electron chi connectivity index (χ1n) is 36.1. The van der Waals surface area contributed by atoms with Crippen LogP contribution in [0.15, 0.2) is 85.1 Å². The molecule has 0 rings (SSSR count). The van der Waals surface area contributed by atoms with E-state index in [1.165, 1.54) is 225 Å². The molecule has 0 saturated heterocycles. The molecule has 0 aliphatic rings. The maximum Gasteiger partial charge on any atom is 0.306 e. The normalized spacial score (nSPS) is 12.6. The van der Waals surface area contributed by atoms with Crippen LogP contribution in [0.5, 0.6) is 0 Å². The van der Waals surface area contributed by atoms with E-state index in [0.29, 0.717) is 19.3 Å². The summed E-state index contributed by atoms with van der Waals surface area (Å²) in [4.78, 5) is 38.4. The fourth-order valence-corrected chi connectivity index (χ4v) is 10.5. The molecule has 0 aliphatic heterocycles. The van der Waals surface area contributed by atoms with E-state index in [4.69, 9.17) is 14.2 Å². The molecule has 0 bridgehead atoms. The standard InChI is InChI=1S/C77H136O6/c1-4-7-10-13-16-19-22-25-28-30-32-33-34-35-36-37-38-39-40-41-42-43-44-45-46-48-49-52-55-58-61-64-67-70-76(79)82-73-74(72-81-75(78)69-66-63-60-57-54-51-27-24-21-18-15-12-9-6-3)83-77(80)71-68-65-62-59-56-53-50-47-31-29-26-23-20-17-14-11-8-5-2/h7,10,16,19,25,28,32-33,35-36,38-39,41-42,74H,4-6,8-9,11-15,17-18,20-24,26-27,29-31,34,37,40,43-73H2,1-3H3/b10-7-,19-16-,28-25-,33-32-,36-35-,39-38-,42-41-. The Morgan fingerprint density at radius 2 is 0.470 bits per heavy atom. The third-order valence-corrected chi connectivity index (χ3v) is 15.9.